The van der Waals surface area contributed by atoms with Crippen molar-refractivity contribution in [2.75, 3.05) is 25.9 Å². The molecule has 1 rings (SSSR count). The predicted molar refractivity (Wildman–Crippen MR) is 75.4 cm³/mol. The van der Waals surface area contributed by atoms with Crippen LogP contribution < -0.4 is 10.6 Å². The molecule has 1 heterocycles. The Balaban J connectivity index is 2.53. The maximum Gasteiger partial charge on any atom is 0.227 e. The summed E-state index contributed by atoms with van der Waals surface area (Å²) in [4.78, 5) is 12.4. The van der Waals surface area contributed by atoms with Gasteiger partial charge in [0.2, 0.25) is 5.91 Å². The molecule has 1 saturated heterocycles. The first kappa shape index (κ1) is 14.8. The van der Waals surface area contributed by atoms with E-state index in [1.807, 2.05) is 0 Å². The van der Waals surface area contributed by atoms with Crippen LogP contribution in [0.25, 0.3) is 0 Å². The van der Waals surface area contributed by atoms with E-state index in [1.165, 1.54) is 0 Å². The van der Waals surface area contributed by atoms with Crippen LogP contribution in [-0.2, 0) is 4.79 Å². The summed E-state index contributed by atoms with van der Waals surface area (Å²) in [6.07, 6.45) is 6.31. The van der Waals surface area contributed by atoms with Crippen molar-refractivity contribution < 1.29 is 4.79 Å². The van der Waals surface area contributed by atoms with Crippen LogP contribution in [0.3, 0.4) is 0 Å². The zero-order chi connectivity index (χ0) is 12.7. The van der Waals surface area contributed by atoms with Crippen LogP contribution in [0.15, 0.2) is 0 Å². The van der Waals surface area contributed by atoms with Gasteiger partial charge in [0.05, 0.1) is 5.41 Å². The van der Waals surface area contributed by atoms with Gasteiger partial charge in [-0.1, -0.05) is 20.3 Å². The SMILES string of the molecule is CCCC1(C(=O)NCC(C)SC)CCCNC1. The molecule has 1 aliphatic rings. The molecule has 100 valence electrons. The van der Waals surface area contributed by atoms with Crippen molar-refractivity contribution in [3.63, 3.8) is 0 Å². The van der Waals surface area contributed by atoms with Crippen molar-refractivity contribution in [3.05, 3.63) is 0 Å². The Labute approximate surface area is 109 Å². The van der Waals surface area contributed by atoms with Crippen molar-refractivity contribution in [2.24, 2.45) is 5.41 Å². The maximum atomic E-state index is 12.4. The Morgan fingerprint density at radius 1 is 1.59 bits per heavy atom. The van der Waals surface area contributed by atoms with Gasteiger partial charge in [0.1, 0.15) is 0 Å². The van der Waals surface area contributed by atoms with Crippen LogP contribution in [0.5, 0.6) is 0 Å². The van der Waals surface area contributed by atoms with Crippen molar-refractivity contribution in [2.45, 2.75) is 44.8 Å². The third-order valence-corrected chi connectivity index (χ3v) is 4.61. The second-order valence-corrected chi connectivity index (χ2v) is 6.34. The number of hydrogen-bond acceptors (Lipinski definition) is 3. The summed E-state index contributed by atoms with van der Waals surface area (Å²) in [7, 11) is 0. The lowest BCUT2D eigenvalue weighted by Crippen LogP contribution is -2.51. The highest BCUT2D eigenvalue weighted by Gasteiger charge is 2.38. The first-order valence-electron chi connectivity index (χ1n) is 6.66. The highest BCUT2D eigenvalue weighted by Crippen LogP contribution is 2.31. The van der Waals surface area contributed by atoms with Gasteiger partial charge in [0, 0.05) is 18.3 Å². The maximum absolute atomic E-state index is 12.4. The zero-order valence-electron chi connectivity index (χ0n) is 11.3. The van der Waals surface area contributed by atoms with Crippen molar-refractivity contribution in [3.8, 4) is 0 Å². The minimum atomic E-state index is -0.148. The van der Waals surface area contributed by atoms with Crippen LogP contribution in [0.4, 0.5) is 0 Å². The highest BCUT2D eigenvalue weighted by atomic mass is 32.2. The Kier molecular flexibility index (Phi) is 6.34. The zero-order valence-corrected chi connectivity index (χ0v) is 12.2. The predicted octanol–water partition coefficient (Wildman–Crippen LogP) is 2.02. The fraction of sp³-hybridized carbons (Fsp3) is 0.923. The lowest BCUT2D eigenvalue weighted by molar-refractivity contribution is -0.132. The second kappa shape index (κ2) is 7.27. The number of piperidine rings is 1. The van der Waals surface area contributed by atoms with Gasteiger partial charge in [-0.15, -0.1) is 0 Å². The number of amides is 1. The fourth-order valence-electron chi connectivity index (χ4n) is 2.47. The molecule has 3 nitrogen and oxygen atoms in total. The number of thioether (sulfide) groups is 1. The molecular formula is C13H26N2OS. The van der Waals surface area contributed by atoms with Crippen molar-refractivity contribution in [1.82, 2.24) is 10.6 Å². The minimum absolute atomic E-state index is 0.148. The lowest BCUT2D eigenvalue weighted by atomic mass is 9.76. The molecule has 0 aromatic rings. The van der Waals surface area contributed by atoms with Crippen LogP contribution in [-0.4, -0.2) is 37.0 Å². The van der Waals surface area contributed by atoms with Crippen molar-refractivity contribution in [1.29, 1.82) is 0 Å². The average molecular weight is 258 g/mol. The smallest absolute Gasteiger partial charge is 0.227 e. The number of nitrogens with one attached hydrogen (secondary N) is 2. The van der Waals surface area contributed by atoms with E-state index in [1.54, 1.807) is 11.8 Å². The van der Waals surface area contributed by atoms with E-state index in [9.17, 15) is 4.79 Å². The summed E-state index contributed by atoms with van der Waals surface area (Å²) < 4.78 is 0. The second-order valence-electron chi connectivity index (χ2n) is 5.07. The molecule has 0 aromatic carbocycles. The van der Waals surface area contributed by atoms with Gasteiger partial charge in [-0.3, -0.25) is 4.79 Å². The van der Waals surface area contributed by atoms with E-state index in [0.717, 1.165) is 45.3 Å². The molecule has 0 radical (unpaired) electrons. The molecule has 17 heavy (non-hydrogen) atoms. The first-order valence-corrected chi connectivity index (χ1v) is 7.95. The molecule has 0 saturated carbocycles. The van der Waals surface area contributed by atoms with Crippen LogP contribution >= 0.6 is 11.8 Å². The number of carbonyl (C=O) groups excluding carboxylic acids is 1. The molecular weight excluding hydrogens is 232 g/mol. The summed E-state index contributed by atoms with van der Waals surface area (Å²) >= 11 is 1.80. The fourth-order valence-corrected chi connectivity index (χ4v) is 2.72. The summed E-state index contributed by atoms with van der Waals surface area (Å²) in [5, 5.41) is 7.00. The average Bonchev–Trinajstić information content (AvgIpc) is 2.36. The van der Waals surface area contributed by atoms with Gasteiger partial charge < -0.3 is 10.6 Å². The van der Waals surface area contributed by atoms with E-state index in [2.05, 4.69) is 30.7 Å². The molecule has 0 aliphatic carbocycles. The molecule has 2 N–H and O–H groups in total. The Morgan fingerprint density at radius 2 is 2.35 bits per heavy atom. The lowest BCUT2D eigenvalue weighted by Gasteiger charge is -2.36. The molecule has 4 heteroatoms. The van der Waals surface area contributed by atoms with E-state index in [4.69, 9.17) is 0 Å². The van der Waals surface area contributed by atoms with Gasteiger partial charge in [-0.25, -0.2) is 0 Å². The number of carbonyl (C=O) groups is 1. The summed E-state index contributed by atoms with van der Waals surface area (Å²) in [5.74, 6) is 0.257. The summed E-state index contributed by atoms with van der Waals surface area (Å²) in [6.45, 7) is 7.00. The number of hydrogen-bond donors (Lipinski definition) is 2. The molecule has 2 atom stereocenters. The van der Waals surface area contributed by atoms with E-state index in [-0.39, 0.29) is 11.3 Å². The Morgan fingerprint density at radius 3 is 2.88 bits per heavy atom. The summed E-state index contributed by atoms with van der Waals surface area (Å²) in [6, 6.07) is 0. The normalized spacial score (nSPS) is 26.5. The first-order chi connectivity index (χ1) is 8.14. The van der Waals surface area contributed by atoms with E-state index in [0.29, 0.717) is 5.25 Å². The van der Waals surface area contributed by atoms with Crippen LogP contribution in [0, 0.1) is 5.41 Å². The molecule has 0 aromatic heterocycles. The van der Waals surface area contributed by atoms with Gasteiger partial charge in [0.25, 0.3) is 0 Å². The van der Waals surface area contributed by atoms with Gasteiger partial charge >= 0.3 is 0 Å². The Bertz CT molecular complexity index is 234. The third-order valence-electron chi connectivity index (χ3n) is 3.63. The minimum Gasteiger partial charge on any atom is -0.354 e. The number of rotatable bonds is 6. The molecule has 1 fully saturated rings. The third kappa shape index (κ3) is 4.18. The standard InChI is InChI=1S/C13H26N2OS/c1-4-6-13(7-5-8-14-10-13)12(16)15-9-11(2)17-3/h11,14H,4-10H2,1-3H3,(H,15,16). The van der Waals surface area contributed by atoms with Gasteiger partial charge in [0.15, 0.2) is 0 Å². The Hall–Kier alpha value is -0.220. The van der Waals surface area contributed by atoms with E-state index < -0.39 is 0 Å². The molecule has 0 spiro atoms. The van der Waals surface area contributed by atoms with Gasteiger partial charge in [-0.2, -0.15) is 11.8 Å². The van der Waals surface area contributed by atoms with Crippen LogP contribution in [0.1, 0.15) is 39.5 Å². The molecule has 2 unspecified atom stereocenters. The molecule has 1 amide bonds. The molecule has 0 bridgehead atoms. The highest BCUT2D eigenvalue weighted by molar-refractivity contribution is 7.99. The summed E-state index contributed by atoms with van der Waals surface area (Å²) in [5.41, 5.74) is -0.148. The van der Waals surface area contributed by atoms with E-state index >= 15 is 0 Å². The monoisotopic (exact) mass is 258 g/mol. The quantitative estimate of drug-likeness (QED) is 0.766. The van der Waals surface area contributed by atoms with Gasteiger partial charge in [-0.05, 0) is 32.1 Å². The largest absolute Gasteiger partial charge is 0.354 e. The van der Waals surface area contributed by atoms with Crippen LogP contribution in [0.2, 0.25) is 0 Å². The topological polar surface area (TPSA) is 41.1 Å². The molecule has 1 aliphatic heterocycles. The van der Waals surface area contributed by atoms with Crippen molar-refractivity contribution >= 4 is 17.7 Å².